The van der Waals surface area contributed by atoms with Crippen molar-refractivity contribution >= 4 is 5.91 Å². The molecule has 0 saturated carbocycles. The molecule has 0 aromatic carbocycles. The van der Waals surface area contributed by atoms with E-state index in [1.165, 1.54) is 0 Å². The molecular weight excluding hydrogens is 194 g/mol. The number of nitrogens with zero attached hydrogens (tertiary/aromatic N) is 2. The summed E-state index contributed by atoms with van der Waals surface area (Å²) in [6.07, 6.45) is 1.15. The Morgan fingerprint density at radius 3 is 2.73 bits per heavy atom. The van der Waals surface area contributed by atoms with E-state index in [1.54, 1.807) is 0 Å². The second-order valence-electron chi connectivity index (χ2n) is 4.29. The van der Waals surface area contributed by atoms with Crippen molar-refractivity contribution in [3.05, 3.63) is 0 Å². The number of carbonyl (C=O) groups excluding carboxylic acids is 1. The Bertz CT molecular complexity index is 229. The molecule has 2 saturated heterocycles. The molecule has 2 heterocycles. The average Bonchev–Trinajstić information content (AvgIpc) is 2.67. The first-order valence-electron chi connectivity index (χ1n) is 5.58. The molecule has 0 spiro atoms. The van der Waals surface area contributed by atoms with E-state index in [1.807, 2.05) is 0 Å². The predicted molar refractivity (Wildman–Crippen MR) is 56.4 cm³/mol. The van der Waals surface area contributed by atoms with Gasteiger partial charge >= 0.3 is 0 Å². The lowest BCUT2D eigenvalue weighted by atomic mass is 10.2. The normalized spacial score (nSPS) is 29.5. The molecule has 5 nitrogen and oxygen atoms in total. The van der Waals surface area contributed by atoms with E-state index in [0.29, 0.717) is 12.6 Å². The van der Waals surface area contributed by atoms with Crippen molar-refractivity contribution in [2.75, 3.05) is 45.9 Å². The van der Waals surface area contributed by atoms with Gasteiger partial charge in [-0.2, -0.15) is 0 Å². The first-order valence-corrected chi connectivity index (χ1v) is 5.58. The van der Waals surface area contributed by atoms with Gasteiger partial charge in [0.05, 0.1) is 19.8 Å². The van der Waals surface area contributed by atoms with Crippen LogP contribution in [0.1, 0.15) is 6.42 Å². The highest BCUT2D eigenvalue weighted by Crippen LogP contribution is 2.16. The predicted octanol–water partition coefficient (Wildman–Crippen LogP) is -1.12. The summed E-state index contributed by atoms with van der Waals surface area (Å²) in [5, 5.41) is 0. The summed E-state index contributed by atoms with van der Waals surface area (Å²) < 4.78 is 5.32. The second kappa shape index (κ2) is 4.92. The molecule has 0 radical (unpaired) electrons. The highest BCUT2D eigenvalue weighted by molar-refractivity contribution is 5.75. The summed E-state index contributed by atoms with van der Waals surface area (Å²) in [4.78, 5) is 15.4. The molecule has 2 fully saturated rings. The van der Waals surface area contributed by atoms with Crippen molar-refractivity contribution in [2.24, 2.45) is 5.73 Å². The maximum Gasteiger partial charge on any atom is 0.231 e. The van der Waals surface area contributed by atoms with E-state index in [4.69, 9.17) is 10.5 Å². The van der Waals surface area contributed by atoms with Gasteiger partial charge in [0.1, 0.15) is 0 Å². The van der Waals surface area contributed by atoms with Gasteiger partial charge in [-0.05, 0) is 6.42 Å². The Morgan fingerprint density at radius 2 is 2.07 bits per heavy atom. The number of nitrogens with two attached hydrogens (primary N) is 1. The number of morpholine rings is 1. The summed E-state index contributed by atoms with van der Waals surface area (Å²) in [5.41, 5.74) is 5.18. The molecule has 2 aliphatic rings. The smallest absolute Gasteiger partial charge is 0.231 e. The number of amides is 1. The molecule has 5 heteroatoms. The maximum absolute atomic E-state index is 10.8. The van der Waals surface area contributed by atoms with Crippen molar-refractivity contribution < 1.29 is 9.53 Å². The Labute approximate surface area is 90.1 Å². The number of primary amides is 1. The molecule has 0 aromatic rings. The number of hydrogen-bond donors (Lipinski definition) is 1. The van der Waals surface area contributed by atoms with Crippen LogP contribution in [0.3, 0.4) is 0 Å². The minimum absolute atomic E-state index is 0.224. The topological polar surface area (TPSA) is 58.8 Å². The number of hydrogen-bond acceptors (Lipinski definition) is 4. The minimum Gasteiger partial charge on any atom is -0.379 e. The van der Waals surface area contributed by atoms with Crippen LogP contribution in [-0.4, -0.2) is 67.7 Å². The van der Waals surface area contributed by atoms with E-state index in [-0.39, 0.29) is 5.91 Å². The largest absolute Gasteiger partial charge is 0.379 e. The van der Waals surface area contributed by atoms with E-state index in [0.717, 1.165) is 45.8 Å². The van der Waals surface area contributed by atoms with E-state index >= 15 is 0 Å². The van der Waals surface area contributed by atoms with Crippen LogP contribution < -0.4 is 5.73 Å². The molecule has 15 heavy (non-hydrogen) atoms. The Hall–Kier alpha value is -0.650. The van der Waals surface area contributed by atoms with Crippen molar-refractivity contribution in [2.45, 2.75) is 12.5 Å². The highest BCUT2D eigenvalue weighted by atomic mass is 16.5. The van der Waals surface area contributed by atoms with Gasteiger partial charge < -0.3 is 10.5 Å². The van der Waals surface area contributed by atoms with Gasteiger partial charge in [-0.3, -0.25) is 14.6 Å². The Morgan fingerprint density at radius 1 is 1.33 bits per heavy atom. The van der Waals surface area contributed by atoms with E-state index < -0.39 is 0 Å². The second-order valence-corrected chi connectivity index (χ2v) is 4.29. The number of rotatable bonds is 3. The Kier molecular flexibility index (Phi) is 3.56. The molecule has 86 valence electrons. The van der Waals surface area contributed by atoms with Gasteiger partial charge in [-0.15, -0.1) is 0 Å². The molecule has 1 unspecified atom stereocenters. The lowest BCUT2D eigenvalue weighted by molar-refractivity contribution is -0.119. The summed E-state index contributed by atoms with van der Waals surface area (Å²) in [5.74, 6) is -0.224. The van der Waals surface area contributed by atoms with Gasteiger partial charge in [0.2, 0.25) is 5.91 Å². The minimum atomic E-state index is -0.224. The Balaban J connectivity index is 1.78. The van der Waals surface area contributed by atoms with Crippen LogP contribution in [0, 0.1) is 0 Å². The summed E-state index contributed by atoms with van der Waals surface area (Å²) in [6, 6.07) is 0.591. The van der Waals surface area contributed by atoms with E-state index in [2.05, 4.69) is 9.80 Å². The lowest BCUT2D eigenvalue weighted by Crippen LogP contribution is -2.45. The van der Waals surface area contributed by atoms with Crippen molar-refractivity contribution in [1.82, 2.24) is 9.80 Å². The van der Waals surface area contributed by atoms with E-state index in [9.17, 15) is 4.79 Å². The first-order chi connectivity index (χ1) is 7.25. The average molecular weight is 213 g/mol. The van der Waals surface area contributed by atoms with Crippen molar-refractivity contribution in [1.29, 1.82) is 0 Å². The van der Waals surface area contributed by atoms with Crippen molar-refractivity contribution in [3.63, 3.8) is 0 Å². The summed E-state index contributed by atoms with van der Waals surface area (Å²) in [7, 11) is 0. The zero-order chi connectivity index (χ0) is 10.7. The van der Waals surface area contributed by atoms with Crippen LogP contribution in [0.25, 0.3) is 0 Å². The van der Waals surface area contributed by atoms with Crippen molar-refractivity contribution in [3.8, 4) is 0 Å². The first kappa shape index (κ1) is 10.9. The lowest BCUT2D eigenvalue weighted by Gasteiger charge is -2.32. The van der Waals surface area contributed by atoms with Crippen LogP contribution in [0.2, 0.25) is 0 Å². The number of ether oxygens (including phenoxy) is 1. The van der Waals surface area contributed by atoms with Crippen LogP contribution in [0.15, 0.2) is 0 Å². The summed E-state index contributed by atoms with van der Waals surface area (Å²) >= 11 is 0. The zero-order valence-electron chi connectivity index (χ0n) is 9.02. The SMILES string of the molecule is NC(=O)CN1CCC(N2CCOCC2)C1. The summed E-state index contributed by atoms with van der Waals surface area (Å²) in [6.45, 7) is 6.09. The fourth-order valence-electron chi connectivity index (χ4n) is 2.42. The maximum atomic E-state index is 10.8. The highest BCUT2D eigenvalue weighted by Gasteiger charge is 2.28. The van der Waals surface area contributed by atoms with Gasteiger partial charge in [-0.25, -0.2) is 0 Å². The molecule has 0 aliphatic carbocycles. The van der Waals surface area contributed by atoms with Gasteiger partial charge in [-0.1, -0.05) is 0 Å². The third kappa shape index (κ3) is 2.90. The molecule has 0 bridgehead atoms. The fraction of sp³-hybridized carbons (Fsp3) is 0.900. The monoisotopic (exact) mass is 213 g/mol. The molecule has 1 atom stereocenters. The molecule has 1 amide bonds. The number of likely N-dealkylation sites (tertiary alicyclic amines) is 1. The third-order valence-electron chi connectivity index (χ3n) is 3.19. The van der Waals surface area contributed by atoms with Crippen LogP contribution in [0.4, 0.5) is 0 Å². The molecular formula is C10H19N3O2. The van der Waals surface area contributed by atoms with Crippen LogP contribution >= 0.6 is 0 Å². The van der Waals surface area contributed by atoms with Gasteiger partial charge in [0.15, 0.2) is 0 Å². The quantitative estimate of drug-likeness (QED) is 0.645. The van der Waals surface area contributed by atoms with Crippen LogP contribution in [-0.2, 0) is 9.53 Å². The molecule has 2 aliphatic heterocycles. The zero-order valence-corrected chi connectivity index (χ0v) is 9.02. The number of carbonyl (C=O) groups is 1. The third-order valence-corrected chi connectivity index (χ3v) is 3.19. The van der Waals surface area contributed by atoms with Crippen LogP contribution in [0.5, 0.6) is 0 Å². The standard InChI is InChI=1S/C10H19N3O2/c11-10(14)8-12-2-1-9(7-12)13-3-5-15-6-4-13/h9H,1-8H2,(H2,11,14). The molecule has 0 aromatic heterocycles. The van der Waals surface area contributed by atoms with Gasteiger partial charge in [0, 0.05) is 32.2 Å². The molecule has 2 rings (SSSR count). The molecule has 2 N–H and O–H groups in total. The fourth-order valence-corrected chi connectivity index (χ4v) is 2.42. The van der Waals surface area contributed by atoms with Gasteiger partial charge in [0.25, 0.3) is 0 Å².